The highest BCUT2D eigenvalue weighted by Crippen LogP contribution is 2.38. The second-order valence-electron chi connectivity index (χ2n) is 20.7. The minimum Gasteiger partial charge on any atom is -0.460 e. The first-order valence-corrected chi connectivity index (χ1v) is 28.0. The summed E-state index contributed by atoms with van der Waals surface area (Å²) in [6.45, 7) is 0.195. The van der Waals surface area contributed by atoms with Crippen LogP contribution in [0.2, 0.25) is 0 Å². The SMILES string of the molecule is CCCCCCCCCCCC(=O)OC[C@@]1(O[C@H]2O[C@H](CO)[C@@H](O)[C@H](O)[C@H]2O)O[C@H](CO)[C@@H](O)[C@@H]1O.CCCCCCCCCCCCCCCC(=O)OC[C@@]1(O[C@H]2O[C@H](CO)[C@@H](O)[C@H](O)[C@H]2O)O[C@H](CO)[C@@H](O)[C@@H]1O. The molecule has 4 rings (SSSR count). The molecule has 0 aliphatic carbocycles. The van der Waals surface area contributed by atoms with Gasteiger partial charge in [-0.15, -0.1) is 0 Å². The summed E-state index contributed by atoms with van der Waals surface area (Å²) >= 11 is 0. The molecule has 0 aromatic rings. The van der Waals surface area contributed by atoms with Gasteiger partial charge in [-0.05, 0) is 12.8 Å². The molecular weight excluding hydrogens is 1010 g/mol. The Bertz CT molecular complexity index is 1550. The number of aliphatic hydroxyl groups excluding tert-OH is 14. The number of rotatable bonds is 36. The molecule has 24 heteroatoms. The number of hydrogen-bond donors (Lipinski definition) is 14. The van der Waals surface area contributed by atoms with Gasteiger partial charge < -0.3 is 109 Å². The molecule has 4 aliphatic heterocycles. The molecule has 18 atom stereocenters. The Morgan fingerprint density at radius 2 is 0.645 bits per heavy atom. The van der Waals surface area contributed by atoms with E-state index in [9.17, 15) is 81.1 Å². The van der Waals surface area contributed by atoms with Crippen LogP contribution >= 0.6 is 0 Å². The molecular formula is C52H96O24. The van der Waals surface area contributed by atoms with E-state index < -0.39 is 161 Å². The molecule has 0 unspecified atom stereocenters. The normalized spacial score (nSPS) is 35.5. The van der Waals surface area contributed by atoms with Gasteiger partial charge in [0, 0.05) is 12.8 Å². The van der Waals surface area contributed by atoms with Crippen molar-refractivity contribution in [3.05, 3.63) is 0 Å². The zero-order valence-corrected chi connectivity index (χ0v) is 44.8. The third-order valence-corrected chi connectivity index (χ3v) is 14.5. The molecule has 0 aromatic carbocycles. The van der Waals surface area contributed by atoms with Crippen LogP contribution in [0.4, 0.5) is 0 Å². The van der Waals surface area contributed by atoms with Gasteiger partial charge in [-0.1, -0.05) is 142 Å². The predicted molar refractivity (Wildman–Crippen MR) is 267 cm³/mol. The lowest BCUT2D eigenvalue weighted by molar-refractivity contribution is -0.383. The van der Waals surface area contributed by atoms with Gasteiger partial charge in [0.15, 0.2) is 12.6 Å². The first kappa shape index (κ1) is 68.4. The largest absolute Gasteiger partial charge is 0.460 e. The monoisotopic (exact) mass is 1100 g/mol. The van der Waals surface area contributed by atoms with Crippen LogP contribution in [0.1, 0.15) is 168 Å². The van der Waals surface area contributed by atoms with Crippen LogP contribution in [0.25, 0.3) is 0 Å². The minimum absolute atomic E-state index is 0.119. The summed E-state index contributed by atoms with van der Waals surface area (Å²) in [6.07, 6.45) is -0.846. The smallest absolute Gasteiger partial charge is 0.305 e. The van der Waals surface area contributed by atoms with E-state index in [1.807, 2.05) is 0 Å². The maximum atomic E-state index is 12.4. The summed E-state index contributed by atoms with van der Waals surface area (Å²) in [5.41, 5.74) is 0. The van der Waals surface area contributed by atoms with Crippen LogP contribution < -0.4 is 0 Å². The summed E-state index contributed by atoms with van der Waals surface area (Å²) in [7, 11) is 0. The van der Waals surface area contributed by atoms with E-state index in [0.29, 0.717) is 12.8 Å². The number of ether oxygens (including phenoxy) is 8. The molecule has 0 bridgehead atoms. The van der Waals surface area contributed by atoms with Crippen molar-refractivity contribution in [3.8, 4) is 0 Å². The molecule has 0 amide bonds. The molecule has 0 saturated carbocycles. The van der Waals surface area contributed by atoms with Crippen molar-refractivity contribution in [2.75, 3.05) is 39.6 Å². The molecule has 0 spiro atoms. The highest BCUT2D eigenvalue weighted by molar-refractivity contribution is 5.69. The lowest BCUT2D eigenvalue weighted by Crippen LogP contribution is -2.62. The lowest BCUT2D eigenvalue weighted by Gasteiger charge is -2.43. The highest BCUT2D eigenvalue weighted by atomic mass is 16.8. The van der Waals surface area contributed by atoms with Crippen molar-refractivity contribution < 1.29 is 119 Å². The second kappa shape index (κ2) is 36.5. The zero-order valence-electron chi connectivity index (χ0n) is 44.8. The highest BCUT2D eigenvalue weighted by Gasteiger charge is 2.61. The van der Waals surface area contributed by atoms with Crippen molar-refractivity contribution in [2.24, 2.45) is 0 Å². The molecule has 0 aromatic heterocycles. The van der Waals surface area contributed by atoms with E-state index >= 15 is 0 Å². The van der Waals surface area contributed by atoms with Crippen molar-refractivity contribution in [1.82, 2.24) is 0 Å². The van der Waals surface area contributed by atoms with Crippen LogP contribution in [0.3, 0.4) is 0 Å². The molecule has 4 aliphatic rings. The molecule has 24 nitrogen and oxygen atoms in total. The Kier molecular flexibility index (Phi) is 32.8. The summed E-state index contributed by atoms with van der Waals surface area (Å²) in [5, 5.41) is 140. The molecule has 76 heavy (non-hydrogen) atoms. The Morgan fingerprint density at radius 1 is 0.368 bits per heavy atom. The Morgan fingerprint density at radius 3 is 0.908 bits per heavy atom. The zero-order chi connectivity index (χ0) is 56.3. The Labute approximate surface area is 447 Å². The molecule has 0 radical (unpaired) electrons. The van der Waals surface area contributed by atoms with E-state index in [1.165, 1.54) is 89.9 Å². The standard InChI is InChI=1S/C28H52O12.C24H44O12/c1-2-3-4-5-6-7-8-9-10-11-12-13-14-15-21(31)37-18-28(26(36)23(33)20(17-30)39-28)40-27-25(35)24(34)22(32)19(16-29)38-27;1-2-3-4-5-6-7-8-9-10-11-17(27)33-14-24(22(32)19(29)16(13-26)35-24)36-23-21(31)20(30)18(28)15(12-25)34-23/h19-20,22-27,29-30,32-36H,2-18H2,1H3;15-16,18-23,25-26,28-32H,2-14H2,1H3/t19-,20-,22-,23-,24+,25-,26+,27-,28+;15-,16-,18-,19-,20+,21-,22+,23-,24+/m11/s1. The van der Waals surface area contributed by atoms with Gasteiger partial charge in [0.1, 0.15) is 98.7 Å². The third-order valence-electron chi connectivity index (χ3n) is 14.5. The van der Waals surface area contributed by atoms with Gasteiger partial charge in [-0.2, -0.15) is 0 Å². The maximum absolute atomic E-state index is 12.4. The molecule has 14 N–H and O–H groups in total. The Hall–Kier alpha value is -1.86. The van der Waals surface area contributed by atoms with E-state index in [0.717, 1.165) is 38.5 Å². The third kappa shape index (κ3) is 20.9. The summed E-state index contributed by atoms with van der Waals surface area (Å²) in [4.78, 5) is 24.7. The molecule has 4 saturated heterocycles. The quantitative estimate of drug-likeness (QED) is 0.0283. The van der Waals surface area contributed by atoms with Gasteiger partial charge in [0.25, 0.3) is 0 Å². The molecule has 448 valence electrons. The minimum atomic E-state index is -2.24. The summed E-state index contributed by atoms with van der Waals surface area (Å²) in [6, 6.07) is 0. The summed E-state index contributed by atoms with van der Waals surface area (Å²) in [5.74, 6) is -5.66. The van der Waals surface area contributed by atoms with Gasteiger partial charge >= 0.3 is 11.9 Å². The van der Waals surface area contributed by atoms with Gasteiger partial charge in [0.05, 0.1) is 26.4 Å². The lowest BCUT2D eigenvalue weighted by atomic mass is 9.99. The number of carbonyl (C=O) groups excluding carboxylic acids is 2. The number of hydrogen-bond acceptors (Lipinski definition) is 24. The summed E-state index contributed by atoms with van der Waals surface area (Å²) < 4.78 is 43.4. The predicted octanol–water partition coefficient (Wildman–Crippen LogP) is -0.287. The molecule has 4 fully saturated rings. The maximum Gasteiger partial charge on any atom is 0.305 e. The fourth-order valence-corrected chi connectivity index (χ4v) is 9.61. The fourth-order valence-electron chi connectivity index (χ4n) is 9.61. The average Bonchev–Trinajstić information content (AvgIpc) is 3.80. The van der Waals surface area contributed by atoms with E-state index in [-0.39, 0.29) is 12.8 Å². The average molecular weight is 1110 g/mol. The topological polar surface area (TPSA) is 391 Å². The number of esters is 2. The fraction of sp³-hybridized carbons (Fsp3) is 0.962. The van der Waals surface area contributed by atoms with E-state index in [2.05, 4.69) is 13.8 Å². The van der Waals surface area contributed by atoms with Crippen molar-refractivity contribution >= 4 is 11.9 Å². The van der Waals surface area contributed by atoms with Crippen molar-refractivity contribution in [1.29, 1.82) is 0 Å². The van der Waals surface area contributed by atoms with Gasteiger partial charge in [-0.3, -0.25) is 9.59 Å². The van der Waals surface area contributed by atoms with Crippen LogP contribution in [0, 0.1) is 0 Å². The van der Waals surface area contributed by atoms with Crippen LogP contribution in [-0.2, 0) is 47.5 Å². The van der Waals surface area contributed by atoms with E-state index in [4.69, 9.17) is 37.9 Å². The van der Waals surface area contributed by atoms with Gasteiger partial charge in [-0.25, -0.2) is 0 Å². The number of carbonyl (C=O) groups is 2. The number of unbranched alkanes of at least 4 members (excludes halogenated alkanes) is 20. The van der Waals surface area contributed by atoms with E-state index in [1.54, 1.807) is 0 Å². The second-order valence-corrected chi connectivity index (χ2v) is 20.7. The van der Waals surface area contributed by atoms with Crippen molar-refractivity contribution in [2.45, 2.75) is 278 Å². The van der Waals surface area contributed by atoms with Crippen LogP contribution in [-0.4, -0.2) is 233 Å². The molecule has 4 heterocycles. The van der Waals surface area contributed by atoms with Crippen LogP contribution in [0.15, 0.2) is 0 Å². The first-order chi connectivity index (χ1) is 36.4. The Balaban J connectivity index is 0.000000402. The number of aliphatic hydroxyl groups is 14. The van der Waals surface area contributed by atoms with Crippen molar-refractivity contribution in [3.63, 3.8) is 0 Å². The van der Waals surface area contributed by atoms with Crippen LogP contribution in [0.5, 0.6) is 0 Å². The first-order valence-electron chi connectivity index (χ1n) is 28.0. The van der Waals surface area contributed by atoms with Gasteiger partial charge in [0.2, 0.25) is 11.6 Å².